The zero-order valence-electron chi connectivity index (χ0n) is 14.8. The predicted molar refractivity (Wildman–Crippen MR) is 95.9 cm³/mol. The van der Waals surface area contributed by atoms with Crippen molar-refractivity contribution in [2.24, 2.45) is 0 Å². The first-order valence-electron chi connectivity index (χ1n) is 8.29. The number of nitrogens with one attached hydrogen (secondary N) is 1. The fraction of sp³-hybridized carbons (Fsp3) is 0.400. The maximum atomic E-state index is 12.5. The molecule has 2 N–H and O–H groups in total. The third kappa shape index (κ3) is 5.46. The van der Waals surface area contributed by atoms with Crippen molar-refractivity contribution in [1.29, 1.82) is 0 Å². The van der Waals surface area contributed by atoms with Crippen LogP contribution in [0.5, 0.6) is 0 Å². The lowest BCUT2D eigenvalue weighted by Crippen LogP contribution is -2.27. The summed E-state index contributed by atoms with van der Waals surface area (Å²) in [6.45, 7) is 7.49. The lowest BCUT2D eigenvalue weighted by atomic mass is 9.98. The van der Waals surface area contributed by atoms with Crippen LogP contribution in [0.3, 0.4) is 0 Å². The van der Waals surface area contributed by atoms with Crippen LogP contribution in [-0.2, 0) is 6.42 Å². The number of benzene rings is 1. The van der Waals surface area contributed by atoms with E-state index >= 15 is 0 Å². The van der Waals surface area contributed by atoms with Crippen LogP contribution in [-0.4, -0.2) is 21.6 Å². The van der Waals surface area contributed by atoms with Crippen LogP contribution in [0.15, 0.2) is 42.6 Å². The number of rotatable bonds is 6. The van der Waals surface area contributed by atoms with Crippen LogP contribution in [0, 0.1) is 6.92 Å². The summed E-state index contributed by atoms with van der Waals surface area (Å²) in [6, 6.07) is 11.3. The third-order valence-electron chi connectivity index (χ3n) is 3.94. The Morgan fingerprint density at radius 3 is 2.67 bits per heavy atom. The van der Waals surface area contributed by atoms with E-state index in [1.807, 2.05) is 44.2 Å². The third-order valence-corrected chi connectivity index (χ3v) is 3.94. The molecule has 0 saturated heterocycles. The zero-order chi connectivity index (χ0) is 17.7. The molecule has 1 aromatic carbocycles. The fourth-order valence-corrected chi connectivity index (χ4v) is 2.41. The number of hydrogen-bond donors (Lipinski definition) is 2. The molecule has 0 aliphatic heterocycles. The minimum atomic E-state index is -0.704. The van der Waals surface area contributed by atoms with Crippen molar-refractivity contribution in [3.8, 4) is 0 Å². The summed E-state index contributed by atoms with van der Waals surface area (Å²) in [5, 5.41) is 12.8. The van der Waals surface area contributed by atoms with E-state index in [0.717, 1.165) is 23.2 Å². The summed E-state index contributed by atoms with van der Waals surface area (Å²) in [5.74, 6) is -0.116. The second-order valence-corrected chi connectivity index (χ2v) is 6.97. The van der Waals surface area contributed by atoms with E-state index in [1.54, 1.807) is 26.1 Å². The number of hydrogen-bond acceptors (Lipinski definition) is 3. The van der Waals surface area contributed by atoms with Gasteiger partial charge in [-0.25, -0.2) is 0 Å². The van der Waals surface area contributed by atoms with E-state index in [-0.39, 0.29) is 11.9 Å². The van der Waals surface area contributed by atoms with Gasteiger partial charge in [0, 0.05) is 11.8 Å². The quantitative estimate of drug-likeness (QED) is 0.853. The molecule has 0 aliphatic carbocycles. The predicted octanol–water partition coefficient (Wildman–Crippen LogP) is 3.58. The first kappa shape index (κ1) is 18.1. The molecular weight excluding hydrogens is 300 g/mol. The SMILES string of the molecule is Cc1ccc([C@@H](C)NC(=O)c2cccc(CCC(C)(C)O)c2)nc1. The lowest BCUT2D eigenvalue weighted by Gasteiger charge is -2.17. The minimum absolute atomic E-state index is 0.116. The number of carbonyl (C=O) groups is 1. The van der Waals surface area contributed by atoms with Crippen molar-refractivity contribution in [3.05, 3.63) is 65.0 Å². The van der Waals surface area contributed by atoms with E-state index in [4.69, 9.17) is 0 Å². The Kier molecular flexibility index (Phi) is 5.73. The van der Waals surface area contributed by atoms with Gasteiger partial charge in [0.1, 0.15) is 0 Å². The van der Waals surface area contributed by atoms with Crippen LogP contribution < -0.4 is 5.32 Å². The van der Waals surface area contributed by atoms with E-state index in [1.165, 1.54) is 0 Å². The highest BCUT2D eigenvalue weighted by molar-refractivity contribution is 5.94. The molecule has 4 nitrogen and oxygen atoms in total. The Hall–Kier alpha value is -2.20. The standard InChI is InChI=1S/C20H26N2O2/c1-14-8-9-18(21-13-14)15(2)22-19(23)17-7-5-6-16(12-17)10-11-20(3,4)24/h5-9,12-13,15,24H,10-11H2,1-4H3,(H,22,23)/t15-/m1/s1. The maximum Gasteiger partial charge on any atom is 0.251 e. The van der Waals surface area contributed by atoms with Gasteiger partial charge in [-0.2, -0.15) is 0 Å². The van der Waals surface area contributed by atoms with Crippen LogP contribution in [0.2, 0.25) is 0 Å². The second-order valence-electron chi connectivity index (χ2n) is 6.97. The van der Waals surface area contributed by atoms with E-state index in [9.17, 15) is 9.90 Å². The molecule has 24 heavy (non-hydrogen) atoms. The van der Waals surface area contributed by atoms with Gasteiger partial charge in [0.15, 0.2) is 0 Å². The van der Waals surface area contributed by atoms with Crippen LogP contribution in [0.4, 0.5) is 0 Å². The van der Waals surface area contributed by atoms with Gasteiger partial charge in [-0.3, -0.25) is 9.78 Å². The normalized spacial score (nSPS) is 12.7. The smallest absolute Gasteiger partial charge is 0.251 e. The minimum Gasteiger partial charge on any atom is -0.390 e. The van der Waals surface area contributed by atoms with Crippen molar-refractivity contribution in [1.82, 2.24) is 10.3 Å². The highest BCUT2D eigenvalue weighted by Crippen LogP contribution is 2.15. The van der Waals surface area contributed by atoms with Gasteiger partial charge in [-0.15, -0.1) is 0 Å². The Morgan fingerprint density at radius 1 is 1.29 bits per heavy atom. The van der Waals surface area contributed by atoms with Gasteiger partial charge in [0.25, 0.3) is 5.91 Å². The Bertz CT molecular complexity index is 688. The van der Waals surface area contributed by atoms with E-state index < -0.39 is 5.60 Å². The molecule has 1 atom stereocenters. The second kappa shape index (κ2) is 7.58. The maximum absolute atomic E-state index is 12.5. The Morgan fingerprint density at radius 2 is 2.04 bits per heavy atom. The monoisotopic (exact) mass is 326 g/mol. The molecule has 1 heterocycles. The molecule has 0 radical (unpaired) electrons. The van der Waals surface area contributed by atoms with E-state index in [0.29, 0.717) is 12.0 Å². The Balaban J connectivity index is 2.02. The summed E-state index contributed by atoms with van der Waals surface area (Å²) in [7, 11) is 0. The number of aryl methyl sites for hydroxylation is 2. The van der Waals surface area contributed by atoms with Crippen molar-refractivity contribution < 1.29 is 9.90 Å². The largest absolute Gasteiger partial charge is 0.390 e. The summed E-state index contributed by atoms with van der Waals surface area (Å²) in [4.78, 5) is 16.8. The van der Waals surface area contributed by atoms with Crippen molar-refractivity contribution >= 4 is 5.91 Å². The molecule has 0 fully saturated rings. The van der Waals surface area contributed by atoms with Gasteiger partial charge < -0.3 is 10.4 Å². The molecule has 4 heteroatoms. The van der Waals surface area contributed by atoms with Crippen molar-refractivity contribution in [2.75, 3.05) is 0 Å². The number of aliphatic hydroxyl groups is 1. The average Bonchev–Trinajstić information content (AvgIpc) is 2.53. The van der Waals surface area contributed by atoms with Gasteiger partial charge in [0.2, 0.25) is 0 Å². The van der Waals surface area contributed by atoms with Gasteiger partial charge in [-0.05, 0) is 69.9 Å². The molecule has 1 amide bonds. The van der Waals surface area contributed by atoms with Crippen LogP contribution in [0.1, 0.15) is 60.4 Å². The first-order valence-corrected chi connectivity index (χ1v) is 8.29. The van der Waals surface area contributed by atoms with Gasteiger partial charge in [0.05, 0.1) is 17.3 Å². The van der Waals surface area contributed by atoms with Crippen molar-refractivity contribution in [3.63, 3.8) is 0 Å². The summed E-state index contributed by atoms with van der Waals surface area (Å²) in [5.41, 5.74) is 2.90. The van der Waals surface area contributed by atoms with Gasteiger partial charge >= 0.3 is 0 Å². The average molecular weight is 326 g/mol. The zero-order valence-corrected chi connectivity index (χ0v) is 14.8. The number of nitrogens with zero attached hydrogens (tertiary/aromatic N) is 1. The van der Waals surface area contributed by atoms with Crippen molar-refractivity contribution in [2.45, 2.75) is 52.2 Å². The molecule has 0 aliphatic rings. The molecule has 0 bridgehead atoms. The molecular formula is C20H26N2O2. The highest BCUT2D eigenvalue weighted by atomic mass is 16.3. The molecule has 1 aromatic heterocycles. The van der Waals surface area contributed by atoms with Crippen LogP contribution >= 0.6 is 0 Å². The first-order chi connectivity index (χ1) is 11.2. The number of carbonyl (C=O) groups excluding carboxylic acids is 1. The lowest BCUT2D eigenvalue weighted by molar-refractivity contribution is 0.0714. The molecule has 2 rings (SSSR count). The topological polar surface area (TPSA) is 62.2 Å². The Labute approximate surface area is 143 Å². The van der Waals surface area contributed by atoms with E-state index in [2.05, 4.69) is 10.3 Å². The molecule has 2 aromatic rings. The molecule has 0 spiro atoms. The fourth-order valence-electron chi connectivity index (χ4n) is 2.41. The summed E-state index contributed by atoms with van der Waals surface area (Å²) in [6.07, 6.45) is 3.19. The molecule has 0 unspecified atom stereocenters. The summed E-state index contributed by atoms with van der Waals surface area (Å²) >= 11 is 0. The summed E-state index contributed by atoms with van der Waals surface area (Å²) < 4.78 is 0. The molecule has 128 valence electrons. The molecule has 0 saturated carbocycles. The number of aromatic nitrogens is 1. The number of pyridine rings is 1. The van der Waals surface area contributed by atoms with Gasteiger partial charge in [-0.1, -0.05) is 18.2 Å². The highest BCUT2D eigenvalue weighted by Gasteiger charge is 2.15. The van der Waals surface area contributed by atoms with Crippen LogP contribution in [0.25, 0.3) is 0 Å². The number of amides is 1.